The second kappa shape index (κ2) is 6.77. The van der Waals surface area contributed by atoms with Gasteiger partial charge in [-0.05, 0) is 26.0 Å². The van der Waals surface area contributed by atoms with E-state index in [4.69, 9.17) is 5.73 Å². The Labute approximate surface area is 136 Å². The highest BCUT2D eigenvalue weighted by Crippen LogP contribution is 2.19. The molecule has 1 fully saturated rings. The largest absolute Gasteiger partial charge is 0.368 e. The van der Waals surface area contributed by atoms with E-state index in [1.165, 1.54) is 23.4 Å². The number of Topliss-reactive ketones (excluding diaryl/α,β-unsaturated/α-hetero) is 1. The Morgan fingerprint density at radius 2 is 1.78 bits per heavy atom. The van der Waals surface area contributed by atoms with Gasteiger partial charge in [0, 0.05) is 31.7 Å². The summed E-state index contributed by atoms with van der Waals surface area (Å²) >= 11 is 0. The average molecular weight is 339 g/mol. The molecule has 1 aliphatic rings. The van der Waals surface area contributed by atoms with Crippen molar-refractivity contribution in [2.24, 2.45) is 5.73 Å². The van der Waals surface area contributed by atoms with Crippen LogP contribution in [0.25, 0.3) is 0 Å². The zero-order chi connectivity index (χ0) is 17.2. The van der Waals surface area contributed by atoms with Crippen molar-refractivity contribution in [3.8, 4) is 0 Å². The van der Waals surface area contributed by atoms with Crippen LogP contribution >= 0.6 is 0 Å². The summed E-state index contributed by atoms with van der Waals surface area (Å²) in [6.07, 6.45) is 0. The second-order valence-electron chi connectivity index (χ2n) is 5.60. The number of piperazine rings is 1. The summed E-state index contributed by atoms with van der Waals surface area (Å²) < 4.78 is 26.7. The number of benzene rings is 1. The molecule has 0 unspecified atom stereocenters. The van der Waals surface area contributed by atoms with Crippen LogP contribution in [-0.2, 0) is 14.8 Å². The highest BCUT2D eigenvalue weighted by Gasteiger charge is 2.31. The third-order valence-electron chi connectivity index (χ3n) is 4.11. The molecule has 0 bridgehead atoms. The Balaban J connectivity index is 2.15. The lowest BCUT2D eigenvalue weighted by Gasteiger charge is -2.36. The first kappa shape index (κ1) is 17.6. The van der Waals surface area contributed by atoms with E-state index in [2.05, 4.69) is 0 Å². The van der Waals surface area contributed by atoms with E-state index in [0.29, 0.717) is 18.7 Å². The van der Waals surface area contributed by atoms with Gasteiger partial charge in [0.15, 0.2) is 5.78 Å². The van der Waals surface area contributed by atoms with Crippen molar-refractivity contribution in [3.05, 3.63) is 29.8 Å². The van der Waals surface area contributed by atoms with Crippen molar-refractivity contribution < 1.29 is 18.0 Å². The van der Waals surface area contributed by atoms with E-state index in [1.54, 1.807) is 19.1 Å². The molecule has 0 aromatic heterocycles. The maximum atomic E-state index is 12.7. The van der Waals surface area contributed by atoms with Crippen LogP contribution < -0.4 is 5.73 Å². The smallest absolute Gasteiger partial charge is 0.243 e. The molecule has 1 heterocycles. The fraction of sp³-hybridized carbons (Fsp3) is 0.467. The number of rotatable bonds is 5. The van der Waals surface area contributed by atoms with Crippen molar-refractivity contribution >= 4 is 21.7 Å². The van der Waals surface area contributed by atoms with Crippen LogP contribution in [0.5, 0.6) is 0 Å². The van der Waals surface area contributed by atoms with Crippen LogP contribution in [0.4, 0.5) is 0 Å². The molecule has 2 rings (SSSR count). The quantitative estimate of drug-likeness (QED) is 0.765. The Hall–Kier alpha value is -1.77. The van der Waals surface area contributed by atoms with Gasteiger partial charge in [-0.2, -0.15) is 4.31 Å². The van der Waals surface area contributed by atoms with Gasteiger partial charge in [0.1, 0.15) is 0 Å². The fourth-order valence-electron chi connectivity index (χ4n) is 2.54. The van der Waals surface area contributed by atoms with Crippen molar-refractivity contribution in [3.63, 3.8) is 0 Å². The van der Waals surface area contributed by atoms with E-state index in [-0.39, 0.29) is 23.8 Å². The number of ketones is 1. The Bertz CT molecular complexity index is 709. The molecule has 1 aromatic rings. The molecule has 0 saturated carbocycles. The monoisotopic (exact) mass is 339 g/mol. The number of nitrogens with zero attached hydrogens (tertiary/aromatic N) is 2. The predicted molar refractivity (Wildman–Crippen MR) is 85.4 cm³/mol. The van der Waals surface area contributed by atoms with Gasteiger partial charge in [0.05, 0.1) is 10.9 Å². The number of hydrogen-bond donors (Lipinski definition) is 1. The maximum absolute atomic E-state index is 12.7. The van der Waals surface area contributed by atoms with Gasteiger partial charge < -0.3 is 5.73 Å². The number of carbonyl (C=O) groups is 2. The molecule has 23 heavy (non-hydrogen) atoms. The standard InChI is InChI=1S/C15H21N3O4S/c1-11(15(16)20)17-6-8-18(9-7-17)23(21,22)14-5-3-4-13(10-14)12(2)19/h3-5,10-11H,6-9H2,1-2H3,(H2,16,20)/t11-/m0/s1. The lowest BCUT2D eigenvalue weighted by atomic mass is 10.2. The molecule has 1 amide bonds. The van der Waals surface area contributed by atoms with Gasteiger partial charge in [-0.15, -0.1) is 0 Å². The molecule has 1 saturated heterocycles. The minimum absolute atomic E-state index is 0.113. The molecule has 0 spiro atoms. The van der Waals surface area contributed by atoms with Crippen molar-refractivity contribution in [2.75, 3.05) is 26.2 Å². The van der Waals surface area contributed by atoms with E-state index < -0.39 is 22.0 Å². The minimum atomic E-state index is -3.65. The van der Waals surface area contributed by atoms with E-state index in [9.17, 15) is 18.0 Å². The van der Waals surface area contributed by atoms with Crippen LogP contribution in [0.1, 0.15) is 24.2 Å². The average Bonchev–Trinajstić information content (AvgIpc) is 2.54. The van der Waals surface area contributed by atoms with E-state index in [1.807, 2.05) is 4.90 Å². The van der Waals surface area contributed by atoms with Crippen molar-refractivity contribution in [1.29, 1.82) is 0 Å². The summed E-state index contributed by atoms with van der Waals surface area (Å²) in [6, 6.07) is 5.62. The third-order valence-corrected chi connectivity index (χ3v) is 6.01. The van der Waals surface area contributed by atoms with Crippen LogP contribution in [0.2, 0.25) is 0 Å². The first-order valence-corrected chi connectivity index (χ1v) is 8.82. The highest BCUT2D eigenvalue weighted by atomic mass is 32.2. The summed E-state index contributed by atoms with van der Waals surface area (Å²) in [5, 5.41) is 0. The number of sulfonamides is 1. The first-order chi connectivity index (χ1) is 10.7. The van der Waals surface area contributed by atoms with Gasteiger partial charge >= 0.3 is 0 Å². The molecule has 0 radical (unpaired) electrons. The van der Waals surface area contributed by atoms with Gasteiger partial charge in [-0.25, -0.2) is 8.42 Å². The highest BCUT2D eigenvalue weighted by molar-refractivity contribution is 7.89. The van der Waals surface area contributed by atoms with Crippen LogP contribution in [-0.4, -0.2) is 61.5 Å². The third kappa shape index (κ3) is 3.77. The lowest BCUT2D eigenvalue weighted by molar-refractivity contribution is -0.123. The van der Waals surface area contributed by atoms with Gasteiger partial charge in [-0.3, -0.25) is 14.5 Å². The molecule has 1 aromatic carbocycles. The Morgan fingerprint density at radius 1 is 1.17 bits per heavy atom. The topological polar surface area (TPSA) is 101 Å². The van der Waals surface area contributed by atoms with Crippen LogP contribution in [0.3, 0.4) is 0 Å². The number of hydrogen-bond acceptors (Lipinski definition) is 5. The molecule has 1 aliphatic heterocycles. The summed E-state index contributed by atoms with van der Waals surface area (Å²) in [7, 11) is -3.65. The fourth-order valence-corrected chi connectivity index (χ4v) is 4.00. The molecule has 0 aliphatic carbocycles. The van der Waals surface area contributed by atoms with Gasteiger partial charge in [0.2, 0.25) is 15.9 Å². The number of nitrogens with two attached hydrogens (primary N) is 1. The van der Waals surface area contributed by atoms with Crippen LogP contribution in [0, 0.1) is 0 Å². The van der Waals surface area contributed by atoms with E-state index >= 15 is 0 Å². The predicted octanol–water partition coefficient (Wildman–Crippen LogP) is 0.0693. The zero-order valence-corrected chi connectivity index (χ0v) is 14.0. The Morgan fingerprint density at radius 3 is 2.30 bits per heavy atom. The maximum Gasteiger partial charge on any atom is 0.243 e. The first-order valence-electron chi connectivity index (χ1n) is 7.38. The summed E-state index contributed by atoms with van der Waals surface area (Å²) in [5.41, 5.74) is 5.65. The SMILES string of the molecule is CC(=O)c1cccc(S(=O)(=O)N2CCN([C@@H](C)C(N)=O)CC2)c1. The minimum Gasteiger partial charge on any atom is -0.368 e. The molecule has 1 atom stereocenters. The van der Waals surface area contributed by atoms with Crippen molar-refractivity contribution in [1.82, 2.24) is 9.21 Å². The van der Waals surface area contributed by atoms with Gasteiger partial charge in [-0.1, -0.05) is 12.1 Å². The molecule has 126 valence electrons. The van der Waals surface area contributed by atoms with Crippen LogP contribution in [0.15, 0.2) is 29.2 Å². The zero-order valence-electron chi connectivity index (χ0n) is 13.2. The molecular weight excluding hydrogens is 318 g/mol. The molecule has 8 heteroatoms. The summed E-state index contributed by atoms with van der Waals surface area (Å²) in [4.78, 5) is 24.6. The molecule has 7 nitrogen and oxygen atoms in total. The normalized spacial score (nSPS) is 18.5. The number of primary amides is 1. The Kier molecular flexibility index (Phi) is 5.18. The number of amides is 1. The van der Waals surface area contributed by atoms with Crippen molar-refractivity contribution in [2.45, 2.75) is 24.8 Å². The van der Waals surface area contributed by atoms with E-state index in [0.717, 1.165) is 0 Å². The number of carbonyl (C=O) groups excluding carboxylic acids is 2. The second-order valence-corrected chi connectivity index (χ2v) is 7.54. The molecular formula is C15H21N3O4S. The van der Waals surface area contributed by atoms with Gasteiger partial charge in [0.25, 0.3) is 0 Å². The lowest BCUT2D eigenvalue weighted by Crippen LogP contribution is -2.54. The molecule has 2 N–H and O–H groups in total. The summed E-state index contributed by atoms with van der Waals surface area (Å²) in [5.74, 6) is -0.599. The summed E-state index contributed by atoms with van der Waals surface area (Å²) in [6.45, 7) is 4.55.